The minimum atomic E-state index is 0. The van der Waals surface area contributed by atoms with Crippen LogP contribution in [0.3, 0.4) is 0 Å². The van der Waals surface area contributed by atoms with E-state index in [2.05, 4.69) is 10.1 Å². The Bertz CT molecular complexity index is 485. The van der Waals surface area contributed by atoms with Crippen LogP contribution in [0.2, 0.25) is 0 Å². The molecule has 0 amide bonds. The van der Waals surface area contributed by atoms with Crippen LogP contribution in [0.4, 0.5) is 0 Å². The fourth-order valence-corrected chi connectivity index (χ4v) is 3.00. The molecule has 6 heteroatoms. The van der Waals surface area contributed by atoms with Gasteiger partial charge in [-0.05, 0) is 30.7 Å². The van der Waals surface area contributed by atoms with Gasteiger partial charge in [0.15, 0.2) is 0 Å². The summed E-state index contributed by atoms with van der Waals surface area (Å²) in [5, 5.41) is 8.08. The minimum absolute atomic E-state index is 0. The van der Waals surface area contributed by atoms with Gasteiger partial charge in [-0.2, -0.15) is 16.3 Å². The molecular formula is C12H16ClN3OS. The summed E-state index contributed by atoms with van der Waals surface area (Å²) in [6.07, 6.45) is 4.34. The minimum Gasteiger partial charge on any atom is -0.339 e. The van der Waals surface area contributed by atoms with Crippen molar-refractivity contribution < 1.29 is 4.52 Å². The van der Waals surface area contributed by atoms with Gasteiger partial charge in [0.2, 0.25) is 11.7 Å². The summed E-state index contributed by atoms with van der Waals surface area (Å²) < 4.78 is 5.36. The molecule has 0 spiro atoms. The molecule has 0 aromatic carbocycles. The SMILES string of the molecule is Cl.NC1CCCC(c2nc(-c3ccsc3)no2)C1. The second-order valence-corrected chi connectivity index (χ2v) is 5.37. The van der Waals surface area contributed by atoms with E-state index in [-0.39, 0.29) is 18.4 Å². The van der Waals surface area contributed by atoms with Gasteiger partial charge in [-0.25, -0.2) is 0 Å². The zero-order valence-corrected chi connectivity index (χ0v) is 11.5. The molecule has 4 nitrogen and oxygen atoms in total. The van der Waals surface area contributed by atoms with Gasteiger partial charge in [0, 0.05) is 22.9 Å². The van der Waals surface area contributed by atoms with E-state index in [9.17, 15) is 0 Å². The number of halogens is 1. The Morgan fingerprint density at radius 2 is 2.28 bits per heavy atom. The second kappa shape index (κ2) is 5.82. The normalized spacial score (nSPS) is 23.6. The lowest BCUT2D eigenvalue weighted by Crippen LogP contribution is -2.26. The molecule has 2 unspecified atom stereocenters. The fraction of sp³-hybridized carbons (Fsp3) is 0.500. The Morgan fingerprint density at radius 3 is 3.00 bits per heavy atom. The molecule has 0 aliphatic heterocycles. The number of thiophene rings is 1. The van der Waals surface area contributed by atoms with E-state index in [1.165, 1.54) is 0 Å². The number of hydrogen-bond acceptors (Lipinski definition) is 5. The molecule has 1 aliphatic carbocycles. The van der Waals surface area contributed by atoms with E-state index in [1.54, 1.807) is 11.3 Å². The van der Waals surface area contributed by atoms with Gasteiger partial charge in [0.1, 0.15) is 0 Å². The first-order chi connectivity index (χ1) is 8.33. The van der Waals surface area contributed by atoms with Gasteiger partial charge in [-0.15, -0.1) is 12.4 Å². The summed E-state index contributed by atoms with van der Waals surface area (Å²) in [5.41, 5.74) is 7.01. The maximum absolute atomic E-state index is 5.98. The third kappa shape index (κ3) is 2.74. The maximum atomic E-state index is 5.98. The first kappa shape index (κ1) is 13.5. The third-order valence-corrected chi connectivity index (χ3v) is 3.97. The van der Waals surface area contributed by atoms with E-state index < -0.39 is 0 Å². The van der Waals surface area contributed by atoms with Crippen molar-refractivity contribution in [2.75, 3.05) is 0 Å². The summed E-state index contributed by atoms with van der Waals surface area (Å²) in [6.45, 7) is 0. The number of hydrogen-bond donors (Lipinski definition) is 1. The fourth-order valence-electron chi connectivity index (χ4n) is 2.36. The van der Waals surface area contributed by atoms with Gasteiger partial charge in [0.05, 0.1) is 0 Å². The van der Waals surface area contributed by atoms with Crippen LogP contribution in [0.25, 0.3) is 11.4 Å². The molecule has 2 atom stereocenters. The van der Waals surface area contributed by atoms with Gasteiger partial charge in [0.25, 0.3) is 0 Å². The number of aromatic nitrogens is 2. The van der Waals surface area contributed by atoms with E-state index in [4.69, 9.17) is 10.3 Å². The van der Waals surface area contributed by atoms with E-state index in [0.29, 0.717) is 11.7 Å². The van der Waals surface area contributed by atoms with Crippen molar-refractivity contribution >= 4 is 23.7 Å². The highest BCUT2D eigenvalue weighted by molar-refractivity contribution is 7.08. The highest BCUT2D eigenvalue weighted by atomic mass is 35.5. The molecule has 2 aromatic rings. The quantitative estimate of drug-likeness (QED) is 0.920. The van der Waals surface area contributed by atoms with Crippen molar-refractivity contribution in [1.29, 1.82) is 0 Å². The Hall–Kier alpha value is -0.910. The zero-order valence-electron chi connectivity index (χ0n) is 9.91. The van der Waals surface area contributed by atoms with Crippen LogP contribution in [0.15, 0.2) is 21.3 Å². The molecule has 18 heavy (non-hydrogen) atoms. The Balaban J connectivity index is 0.00000120. The van der Waals surface area contributed by atoms with Crippen LogP contribution in [0.5, 0.6) is 0 Å². The molecule has 0 saturated heterocycles. The van der Waals surface area contributed by atoms with Crippen LogP contribution < -0.4 is 5.73 Å². The number of rotatable bonds is 2. The molecule has 2 N–H and O–H groups in total. The zero-order chi connectivity index (χ0) is 11.7. The van der Waals surface area contributed by atoms with E-state index in [0.717, 1.165) is 37.1 Å². The topological polar surface area (TPSA) is 64.9 Å². The third-order valence-electron chi connectivity index (χ3n) is 3.29. The highest BCUT2D eigenvalue weighted by Gasteiger charge is 2.25. The van der Waals surface area contributed by atoms with Gasteiger partial charge in [-0.1, -0.05) is 11.6 Å². The first-order valence-electron chi connectivity index (χ1n) is 5.94. The Labute approximate surface area is 116 Å². The predicted octanol–water partition coefficient (Wildman–Crippen LogP) is 3.20. The van der Waals surface area contributed by atoms with E-state index >= 15 is 0 Å². The maximum Gasteiger partial charge on any atom is 0.230 e. The standard InChI is InChI=1S/C12H15N3OS.ClH/c13-10-3-1-2-8(6-10)12-14-11(15-16-12)9-4-5-17-7-9;/h4-5,7-8,10H,1-3,6,13H2;1H. The van der Waals surface area contributed by atoms with Crippen molar-refractivity contribution in [1.82, 2.24) is 10.1 Å². The van der Waals surface area contributed by atoms with Crippen LogP contribution in [0, 0.1) is 0 Å². The van der Waals surface area contributed by atoms with Crippen LogP contribution >= 0.6 is 23.7 Å². The summed E-state index contributed by atoms with van der Waals surface area (Å²) in [5.74, 6) is 1.79. The lowest BCUT2D eigenvalue weighted by Gasteiger charge is -2.23. The average Bonchev–Trinajstić information content (AvgIpc) is 3.00. The molecule has 0 radical (unpaired) electrons. The summed E-state index contributed by atoms with van der Waals surface area (Å²) in [7, 11) is 0. The molecule has 0 bridgehead atoms. The van der Waals surface area contributed by atoms with Crippen LogP contribution in [-0.2, 0) is 0 Å². The van der Waals surface area contributed by atoms with E-state index in [1.807, 2.05) is 16.8 Å². The molecule has 3 rings (SSSR count). The Kier molecular flexibility index (Phi) is 4.37. The van der Waals surface area contributed by atoms with Crippen LogP contribution in [-0.4, -0.2) is 16.2 Å². The monoisotopic (exact) mass is 285 g/mol. The largest absolute Gasteiger partial charge is 0.339 e. The molecule has 1 fully saturated rings. The lowest BCUT2D eigenvalue weighted by molar-refractivity contribution is 0.299. The lowest BCUT2D eigenvalue weighted by atomic mass is 9.86. The molecule has 1 aliphatic rings. The van der Waals surface area contributed by atoms with Gasteiger partial charge >= 0.3 is 0 Å². The van der Waals surface area contributed by atoms with Crippen LogP contribution in [0.1, 0.15) is 37.5 Å². The average molecular weight is 286 g/mol. The van der Waals surface area contributed by atoms with Gasteiger partial charge in [-0.3, -0.25) is 0 Å². The molecule has 98 valence electrons. The summed E-state index contributed by atoms with van der Waals surface area (Å²) in [4.78, 5) is 4.48. The smallest absolute Gasteiger partial charge is 0.230 e. The molecular weight excluding hydrogens is 270 g/mol. The summed E-state index contributed by atoms with van der Waals surface area (Å²) >= 11 is 1.64. The van der Waals surface area contributed by atoms with Crippen molar-refractivity contribution in [2.45, 2.75) is 37.6 Å². The van der Waals surface area contributed by atoms with Gasteiger partial charge < -0.3 is 10.3 Å². The molecule has 1 saturated carbocycles. The van der Waals surface area contributed by atoms with Crippen molar-refractivity contribution in [3.63, 3.8) is 0 Å². The highest BCUT2D eigenvalue weighted by Crippen LogP contribution is 2.32. The Morgan fingerprint density at radius 1 is 1.39 bits per heavy atom. The predicted molar refractivity (Wildman–Crippen MR) is 74.0 cm³/mol. The van der Waals surface area contributed by atoms with Crippen molar-refractivity contribution in [3.8, 4) is 11.4 Å². The summed E-state index contributed by atoms with van der Waals surface area (Å²) in [6, 6.07) is 2.29. The van der Waals surface area contributed by atoms with Crippen molar-refractivity contribution in [3.05, 3.63) is 22.7 Å². The first-order valence-corrected chi connectivity index (χ1v) is 6.89. The molecule has 2 aromatic heterocycles. The number of nitrogens with zero attached hydrogens (tertiary/aromatic N) is 2. The molecule has 2 heterocycles. The second-order valence-electron chi connectivity index (χ2n) is 4.59. The number of nitrogens with two attached hydrogens (primary N) is 1. The van der Waals surface area contributed by atoms with Crippen molar-refractivity contribution in [2.24, 2.45) is 5.73 Å².